The first-order valence-electron chi connectivity index (χ1n) is 38.9. The summed E-state index contributed by atoms with van der Waals surface area (Å²) in [6.45, 7) is 23.7. The lowest BCUT2D eigenvalue weighted by atomic mass is 9.85. The van der Waals surface area contributed by atoms with Gasteiger partial charge in [0, 0.05) is 88.8 Å². The van der Waals surface area contributed by atoms with Crippen LogP contribution >= 0.6 is 34.0 Å². The molecule has 8 aromatic rings. The summed E-state index contributed by atoms with van der Waals surface area (Å²) in [6, 6.07) is 31.3. The number of thiazole rings is 3. The van der Waals surface area contributed by atoms with Crippen LogP contribution in [0, 0.1) is 36.9 Å². The molecule has 13 rings (SSSR count). The smallest absolute Gasteiger partial charge is 0.255 e. The van der Waals surface area contributed by atoms with Crippen molar-refractivity contribution >= 4 is 92.9 Å². The minimum absolute atomic E-state index is 0.0466. The summed E-state index contributed by atoms with van der Waals surface area (Å²) in [5.74, 6) is -2.80. The van der Waals surface area contributed by atoms with Gasteiger partial charge in [0.05, 0.1) is 84.7 Å². The number of Topliss-reactive ketones (excluding diaryl/α,β-unsaturated/α-hetero) is 3. The van der Waals surface area contributed by atoms with Gasteiger partial charge in [0.25, 0.3) is 11.8 Å². The second kappa shape index (κ2) is 37.1. The van der Waals surface area contributed by atoms with E-state index in [2.05, 4.69) is 26.8 Å². The van der Waals surface area contributed by atoms with Crippen LogP contribution in [0.2, 0.25) is 0 Å². The van der Waals surface area contributed by atoms with Crippen molar-refractivity contribution in [3.05, 3.63) is 200 Å². The summed E-state index contributed by atoms with van der Waals surface area (Å²) >= 11 is 4.75. The highest BCUT2D eigenvalue weighted by Gasteiger charge is 2.49. The Bertz CT molecular complexity index is 4780. The van der Waals surface area contributed by atoms with Gasteiger partial charge in [0.2, 0.25) is 23.6 Å². The third kappa shape index (κ3) is 19.8. The summed E-state index contributed by atoms with van der Waals surface area (Å²) in [6.07, 6.45) is 3.48. The first-order chi connectivity index (χ1) is 53.9. The molecule has 0 radical (unpaired) electrons. The number of aromatic nitrogens is 3. The Morgan fingerprint density at radius 2 is 0.929 bits per heavy atom. The number of hydrogen-bond acceptors (Lipinski definition) is 18. The second-order valence-corrected chi connectivity index (χ2v) is 34.4. The Balaban J connectivity index is 0.000000168. The van der Waals surface area contributed by atoms with E-state index in [0.29, 0.717) is 49.8 Å². The van der Waals surface area contributed by atoms with E-state index in [1.165, 1.54) is 31.7 Å². The van der Waals surface area contributed by atoms with Crippen LogP contribution < -0.4 is 5.32 Å². The van der Waals surface area contributed by atoms with Crippen LogP contribution in [0.15, 0.2) is 138 Å². The molecule has 0 spiro atoms. The summed E-state index contributed by atoms with van der Waals surface area (Å²) in [5, 5.41) is 34.1. The number of halogens is 1. The van der Waals surface area contributed by atoms with Gasteiger partial charge in [0.1, 0.15) is 23.9 Å². The summed E-state index contributed by atoms with van der Waals surface area (Å²) in [7, 11) is 0. The van der Waals surface area contributed by atoms with Crippen molar-refractivity contribution in [1.82, 2.24) is 44.8 Å². The lowest BCUT2D eigenvalue weighted by Crippen LogP contribution is -2.56. The number of aryl methyl sites for hydroxylation is 5. The Hall–Kier alpha value is -9.63. The van der Waals surface area contributed by atoms with Gasteiger partial charge in [-0.2, -0.15) is 0 Å². The zero-order valence-corrected chi connectivity index (χ0v) is 68.3. The maximum atomic E-state index is 13.9. The van der Waals surface area contributed by atoms with Crippen LogP contribution in [0.1, 0.15) is 172 Å². The largest absolute Gasteiger partial charge is 0.391 e. The number of β-amino-alcohol motifs (C(OH)–C–C–N with tert-alkyl or cyclic N) is 3. The first-order valence-corrected chi connectivity index (χ1v) is 41.5. The maximum Gasteiger partial charge on any atom is 0.255 e. The van der Waals surface area contributed by atoms with E-state index in [-0.39, 0.29) is 129 Å². The molecule has 0 bridgehead atoms. The Labute approximate surface area is 672 Å². The summed E-state index contributed by atoms with van der Waals surface area (Å²) in [5.41, 5.74) is 16.5. The fourth-order valence-corrected chi connectivity index (χ4v) is 18.2. The lowest BCUT2D eigenvalue weighted by molar-refractivity contribution is -0.143. The van der Waals surface area contributed by atoms with Crippen molar-refractivity contribution in [2.45, 2.75) is 208 Å². The average Bonchev–Trinajstić information content (AvgIpc) is 1.63. The van der Waals surface area contributed by atoms with Gasteiger partial charge in [-0.3, -0.25) is 43.2 Å². The van der Waals surface area contributed by atoms with Gasteiger partial charge in [-0.15, -0.1) is 34.0 Å². The van der Waals surface area contributed by atoms with Crippen molar-refractivity contribution in [3.63, 3.8) is 0 Å². The van der Waals surface area contributed by atoms with Gasteiger partial charge >= 0.3 is 0 Å². The van der Waals surface area contributed by atoms with Crippen LogP contribution in [-0.4, -0.2) is 182 Å². The number of carbonyl (C=O) groups excluding carboxylic acids is 9. The van der Waals surface area contributed by atoms with Crippen molar-refractivity contribution < 1.29 is 62.9 Å². The number of carbonyl (C=O) groups is 9. The molecule has 8 heterocycles. The number of aliphatic hydroxyl groups excluding tert-OH is 3. The number of nitrogens with zero attached hydrogens (tertiary/aromatic N) is 8. The van der Waals surface area contributed by atoms with E-state index in [9.17, 15) is 62.9 Å². The molecule has 113 heavy (non-hydrogen) atoms. The third-order valence-electron chi connectivity index (χ3n) is 21.8. The molecule has 25 heteroatoms. The molecular weight excluding hydrogens is 1490 g/mol. The van der Waals surface area contributed by atoms with Crippen molar-refractivity contribution in [1.29, 1.82) is 0 Å². The molecule has 6 amide bonds. The zero-order valence-electron chi connectivity index (χ0n) is 65.8. The molecule has 5 aliphatic rings. The molecule has 9 atom stereocenters. The Morgan fingerprint density at radius 1 is 0.540 bits per heavy atom. The van der Waals surface area contributed by atoms with Crippen LogP contribution in [0.25, 0.3) is 37.4 Å². The SMILES string of the molecule is C=Cc1ncsc1-c1ccc(CCC(=O)[C@@H]2C[C@@H](O)CN2C(=O)[C@H](C(C)C)N2Cc3ccccc3C2=O)cc1.CCCC(=O)N[C@H](C(=O)N1C[C@H](O)C[C@H]1C(=O)CCc1ccc(-c2scnc2C)cc1)C(C)(C)C.Cc1ncsc1-c1ccc(CCC(=O)[C@@H]2C[C@@H](O)CN2C(=O)[C@H](C(C)C)N2Cc3ccc(F)cc3C2=O)cc1. The summed E-state index contributed by atoms with van der Waals surface area (Å²) in [4.78, 5) is 143. The molecule has 21 nitrogen and oxygen atoms in total. The molecule has 3 aromatic heterocycles. The molecule has 5 aromatic carbocycles. The van der Waals surface area contributed by atoms with E-state index < -0.39 is 71.7 Å². The van der Waals surface area contributed by atoms with E-state index >= 15 is 0 Å². The third-order valence-corrected chi connectivity index (χ3v) is 24.6. The molecule has 0 aliphatic carbocycles. The molecule has 0 saturated carbocycles. The first kappa shape index (κ1) is 84.3. The molecule has 5 aliphatic heterocycles. The Morgan fingerprint density at radius 3 is 1.32 bits per heavy atom. The number of nitrogens with one attached hydrogen (secondary N) is 1. The van der Waals surface area contributed by atoms with E-state index in [1.54, 1.807) is 62.6 Å². The number of benzene rings is 5. The highest BCUT2D eigenvalue weighted by Crippen LogP contribution is 2.37. The van der Waals surface area contributed by atoms with Gasteiger partial charge in [-0.25, -0.2) is 19.3 Å². The predicted molar refractivity (Wildman–Crippen MR) is 437 cm³/mol. The quantitative estimate of drug-likeness (QED) is 0.0392. The van der Waals surface area contributed by atoms with E-state index in [1.807, 2.05) is 171 Å². The minimum Gasteiger partial charge on any atom is -0.391 e. The van der Waals surface area contributed by atoms with Crippen molar-refractivity contribution in [2.24, 2.45) is 17.3 Å². The fourth-order valence-electron chi connectivity index (χ4n) is 15.8. The van der Waals surface area contributed by atoms with Crippen LogP contribution in [-0.2, 0) is 65.9 Å². The van der Waals surface area contributed by atoms with Crippen molar-refractivity contribution in [3.8, 4) is 31.3 Å². The normalized spacial score (nSPS) is 19.3. The molecular formula is C88H102FN9O12S3. The second-order valence-electron chi connectivity index (χ2n) is 31.8. The lowest BCUT2D eigenvalue weighted by Gasteiger charge is -2.35. The van der Waals surface area contributed by atoms with Crippen LogP contribution in [0.5, 0.6) is 0 Å². The fraction of sp³-hybridized carbons (Fsp3) is 0.432. The number of aliphatic hydroxyl groups is 3. The van der Waals surface area contributed by atoms with Gasteiger partial charge in [-0.1, -0.05) is 159 Å². The average molecular weight is 1590 g/mol. The highest BCUT2D eigenvalue weighted by atomic mass is 32.1. The Kier molecular flexibility index (Phi) is 27.7. The zero-order chi connectivity index (χ0) is 81.3. The molecule has 4 N–H and O–H groups in total. The van der Waals surface area contributed by atoms with Crippen LogP contribution in [0.3, 0.4) is 0 Å². The maximum absolute atomic E-state index is 13.9. The number of amides is 6. The molecule has 3 saturated heterocycles. The predicted octanol–water partition coefficient (Wildman–Crippen LogP) is 12.9. The monoisotopic (exact) mass is 1590 g/mol. The number of ketones is 3. The van der Waals surface area contributed by atoms with E-state index in [0.717, 1.165) is 70.7 Å². The molecule has 0 unspecified atom stereocenters. The van der Waals surface area contributed by atoms with Crippen molar-refractivity contribution in [2.75, 3.05) is 19.6 Å². The highest BCUT2D eigenvalue weighted by molar-refractivity contribution is 7.14. The number of hydrogen-bond donors (Lipinski definition) is 4. The minimum atomic E-state index is -0.823. The topological polar surface area (TPSA) is 281 Å². The summed E-state index contributed by atoms with van der Waals surface area (Å²) < 4.78 is 13.8. The number of rotatable bonds is 26. The molecule has 596 valence electrons. The molecule has 3 fully saturated rings. The van der Waals surface area contributed by atoms with E-state index in [4.69, 9.17) is 0 Å². The van der Waals surface area contributed by atoms with Gasteiger partial charge in [0.15, 0.2) is 17.3 Å². The number of fused-ring (bicyclic) bond motifs is 2. The number of likely N-dealkylation sites (tertiary alicyclic amines) is 3. The van der Waals surface area contributed by atoms with Gasteiger partial charge < -0.3 is 45.1 Å². The van der Waals surface area contributed by atoms with Crippen LogP contribution in [0.4, 0.5) is 4.39 Å². The van der Waals surface area contributed by atoms with Gasteiger partial charge in [-0.05, 0) is 126 Å². The standard InChI is InChI=1S/C31H33N3O4S.C30H32FN3O4S.C27H37N3O4S/c1-4-25-29(39-18-32-25)21-12-9-20(10-13-21)11-14-27(36)26-15-23(35)17-33(26)31(38)28(19(2)3)34-16-22-7-5-6-8-24(22)30(34)37;1-17(2)27(34-14-21-9-10-22(31)12-24(21)29(34)37)30(38)33-15-23(35)13-25(33)26(36)11-6-19-4-7-20(8-5-19)28-18(3)32-16-39-28;1-6-7-23(33)29-25(27(3,4)5)26(34)30-15-20(31)14-21(30)22(32)13-10-18-8-11-19(12-9-18)24-17(2)28-16-35-24/h4-10,12-13,18-19,23,26,28,35H,1,11,14-17H2,2-3H3;4-5,7-10,12,16-17,23,25,27,35H,6,11,13-15H2,1-3H3;8-9,11-12,16,20-21,25,31H,6-7,10,13-15H2,1-5H3,(H,29,33)/t23-,26+,28+;23-,25+,27+;20-,21+,25-/m111/s1.